The van der Waals surface area contributed by atoms with Crippen molar-refractivity contribution < 1.29 is 13.2 Å². The van der Waals surface area contributed by atoms with Crippen LogP contribution in [0.5, 0.6) is 0 Å². The minimum Gasteiger partial charge on any atom is -0.356 e. The molecule has 1 amide bonds. The Morgan fingerprint density at radius 2 is 1.89 bits per heavy atom. The molecular weight excluding hydrogens is 398 g/mol. The Kier molecular flexibility index (Phi) is 6.63. The van der Waals surface area contributed by atoms with Crippen LogP contribution in [-0.2, 0) is 34.7 Å². The number of nitrogens with zero attached hydrogens (tertiary/aromatic N) is 3. The van der Waals surface area contributed by atoms with Crippen molar-refractivity contribution >= 4 is 28.1 Å². The molecule has 28 heavy (non-hydrogen) atoms. The third-order valence-electron chi connectivity index (χ3n) is 4.91. The van der Waals surface area contributed by atoms with Crippen LogP contribution >= 0.6 is 12.2 Å². The van der Waals surface area contributed by atoms with Crippen LogP contribution in [0.25, 0.3) is 0 Å². The van der Waals surface area contributed by atoms with Crippen molar-refractivity contribution in [3.05, 3.63) is 40.4 Å². The Labute approximate surface area is 170 Å². The largest absolute Gasteiger partial charge is 0.356 e. The van der Waals surface area contributed by atoms with Crippen LogP contribution in [0.4, 0.5) is 0 Å². The number of hydrogen-bond acceptors (Lipinski definition) is 5. The number of carbonyl (C=O) groups is 1. The smallest absolute Gasteiger partial charge is 0.243 e. The number of benzene rings is 1. The number of aryl methyl sites for hydroxylation is 1. The number of aromatic nitrogens is 3. The van der Waals surface area contributed by atoms with Gasteiger partial charge in [0.2, 0.25) is 15.9 Å². The molecule has 1 aliphatic heterocycles. The van der Waals surface area contributed by atoms with Crippen molar-refractivity contribution in [2.45, 2.75) is 37.0 Å². The monoisotopic (exact) mass is 423 g/mol. The molecule has 1 fully saturated rings. The second kappa shape index (κ2) is 8.97. The number of aromatic amines is 1. The SMILES string of the molecule is Cn1c(CCNC(=O)CCc2ccc(S(=O)(=O)N3CCCC3)cc2)n[nH]c1=S. The van der Waals surface area contributed by atoms with Gasteiger partial charge in [-0.25, -0.2) is 8.42 Å². The van der Waals surface area contributed by atoms with Crippen LogP contribution in [0, 0.1) is 4.77 Å². The van der Waals surface area contributed by atoms with Gasteiger partial charge in [-0.1, -0.05) is 12.1 Å². The van der Waals surface area contributed by atoms with Gasteiger partial charge in [0.05, 0.1) is 4.90 Å². The van der Waals surface area contributed by atoms with Crippen LogP contribution in [0.3, 0.4) is 0 Å². The second-order valence-corrected chi connectivity index (χ2v) is 9.18. The summed E-state index contributed by atoms with van der Waals surface area (Å²) >= 11 is 5.05. The fraction of sp³-hybridized carbons (Fsp3) is 0.500. The van der Waals surface area contributed by atoms with E-state index in [-0.39, 0.29) is 5.91 Å². The average molecular weight is 424 g/mol. The molecule has 0 atom stereocenters. The van der Waals surface area contributed by atoms with Gasteiger partial charge >= 0.3 is 0 Å². The van der Waals surface area contributed by atoms with Gasteiger partial charge in [-0.15, -0.1) is 0 Å². The molecule has 0 aliphatic carbocycles. The van der Waals surface area contributed by atoms with Crippen LogP contribution in [0.2, 0.25) is 0 Å². The number of amides is 1. The first-order valence-corrected chi connectivity index (χ1v) is 11.2. The Balaban J connectivity index is 1.46. The lowest BCUT2D eigenvalue weighted by molar-refractivity contribution is -0.121. The molecule has 1 aromatic heterocycles. The summed E-state index contributed by atoms with van der Waals surface area (Å²) in [5.41, 5.74) is 0.935. The molecule has 2 heterocycles. The quantitative estimate of drug-likeness (QED) is 0.628. The molecule has 1 saturated heterocycles. The number of carbonyl (C=O) groups excluding carboxylic acids is 1. The predicted molar refractivity (Wildman–Crippen MR) is 108 cm³/mol. The van der Waals surface area contributed by atoms with E-state index in [0.717, 1.165) is 24.2 Å². The van der Waals surface area contributed by atoms with Gasteiger partial charge in [-0.2, -0.15) is 9.40 Å². The van der Waals surface area contributed by atoms with Crippen molar-refractivity contribution in [1.29, 1.82) is 0 Å². The fourth-order valence-corrected chi connectivity index (χ4v) is 4.84. The van der Waals surface area contributed by atoms with Crippen LogP contribution in [-0.4, -0.2) is 53.0 Å². The zero-order valence-electron chi connectivity index (χ0n) is 15.8. The zero-order chi connectivity index (χ0) is 20.1. The van der Waals surface area contributed by atoms with E-state index in [1.165, 1.54) is 4.31 Å². The highest BCUT2D eigenvalue weighted by atomic mass is 32.2. The van der Waals surface area contributed by atoms with E-state index in [2.05, 4.69) is 15.5 Å². The normalized spacial score (nSPS) is 15.0. The maximum atomic E-state index is 12.5. The summed E-state index contributed by atoms with van der Waals surface area (Å²) in [5, 5.41) is 9.68. The topological polar surface area (TPSA) is 100 Å². The number of rotatable bonds is 8. The number of nitrogens with one attached hydrogen (secondary N) is 2. The second-order valence-electron chi connectivity index (χ2n) is 6.86. The lowest BCUT2D eigenvalue weighted by atomic mass is 10.1. The van der Waals surface area contributed by atoms with Crippen molar-refractivity contribution in [2.24, 2.45) is 7.05 Å². The highest BCUT2D eigenvalue weighted by Crippen LogP contribution is 2.21. The van der Waals surface area contributed by atoms with E-state index in [9.17, 15) is 13.2 Å². The number of H-pyrrole nitrogens is 1. The Bertz CT molecular complexity index is 973. The van der Waals surface area contributed by atoms with E-state index in [1.54, 1.807) is 28.8 Å². The minimum atomic E-state index is -3.39. The molecule has 0 radical (unpaired) electrons. The molecule has 3 rings (SSSR count). The lowest BCUT2D eigenvalue weighted by Crippen LogP contribution is -2.27. The Morgan fingerprint density at radius 1 is 1.21 bits per heavy atom. The molecule has 8 nitrogen and oxygen atoms in total. The third kappa shape index (κ3) is 4.86. The van der Waals surface area contributed by atoms with Gasteiger partial charge in [0.1, 0.15) is 5.82 Å². The maximum Gasteiger partial charge on any atom is 0.243 e. The molecule has 0 unspecified atom stereocenters. The third-order valence-corrected chi connectivity index (χ3v) is 7.19. The van der Waals surface area contributed by atoms with E-state index in [1.807, 2.05) is 7.05 Å². The summed E-state index contributed by atoms with van der Waals surface area (Å²) in [5.74, 6) is 0.741. The summed E-state index contributed by atoms with van der Waals surface area (Å²) in [6.07, 6.45) is 3.33. The van der Waals surface area contributed by atoms with E-state index < -0.39 is 10.0 Å². The van der Waals surface area contributed by atoms with Gasteiger partial charge in [0.15, 0.2) is 4.77 Å². The molecule has 1 aliphatic rings. The van der Waals surface area contributed by atoms with Crippen molar-refractivity contribution in [3.63, 3.8) is 0 Å². The average Bonchev–Trinajstić information content (AvgIpc) is 3.33. The molecule has 10 heteroatoms. The Hall–Kier alpha value is -2.04. The van der Waals surface area contributed by atoms with Crippen molar-refractivity contribution in [2.75, 3.05) is 19.6 Å². The molecule has 0 bridgehead atoms. The first-order chi connectivity index (χ1) is 13.4. The van der Waals surface area contributed by atoms with E-state index in [4.69, 9.17) is 12.2 Å². The predicted octanol–water partition coefficient (Wildman–Crippen LogP) is 1.55. The van der Waals surface area contributed by atoms with E-state index >= 15 is 0 Å². The molecule has 2 aromatic rings. The number of hydrogen-bond donors (Lipinski definition) is 2. The molecular formula is C18H25N5O3S2. The molecule has 152 valence electrons. The zero-order valence-corrected chi connectivity index (χ0v) is 17.5. The molecule has 0 spiro atoms. The number of sulfonamides is 1. The Morgan fingerprint density at radius 3 is 2.50 bits per heavy atom. The van der Waals surface area contributed by atoms with Crippen molar-refractivity contribution in [1.82, 2.24) is 24.4 Å². The van der Waals surface area contributed by atoms with Gasteiger partial charge in [-0.3, -0.25) is 9.89 Å². The molecule has 1 aromatic carbocycles. The summed E-state index contributed by atoms with van der Waals surface area (Å²) in [6, 6.07) is 6.83. The first-order valence-electron chi connectivity index (χ1n) is 9.34. The van der Waals surface area contributed by atoms with Gasteiger partial charge in [0.25, 0.3) is 0 Å². The maximum absolute atomic E-state index is 12.5. The van der Waals surface area contributed by atoms with Gasteiger partial charge in [-0.05, 0) is 49.2 Å². The van der Waals surface area contributed by atoms with Crippen LogP contribution in [0.1, 0.15) is 30.7 Å². The summed E-state index contributed by atoms with van der Waals surface area (Å²) in [4.78, 5) is 12.3. The lowest BCUT2D eigenvalue weighted by Gasteiger charge is -2.15. The summed E-state index contributed by atoms with van der Waals surface area (Å²) in [6.45, 7) is 1.67. The standard InChI is InChI=1S/C18H25N5O3S2/c1-22-16(20-21-18(22)27)10-11-19-17(24)9-6-14-4-7-15(8-5-14)28(25,26)23-12-2-3-13-23/h4-5,7-8H,2-3,6,9-13H2,1H3,(H,19,24)(H,21,27). The summed E-state index contributed by atoms with van der Waals surface area (Å²) < 4.78 is 28.9. The van der Waals surface area contributed by atoms with E-state index in [0.29, 0.717) is 48.6 Å². The van der Waals surface area contributed by atoms with Gasteiger partial charge < -0.3 is 9.88 Å². The fourth-order valence-electron chi connectivity index (χ4n) is 3.17. The van der Waals surface area contributed by atoms with Crippen LogP contribution in [0.15, 0.2) is 29.2 Å². The van der Waals surface area contributed by atoms with Crippen LogP contribution < -0.4 is 5.32 Å². The first kappa shape index (κ1) is 20.7. The van der Waals surface area contributed by atoms with Crippen molar-refractivity contribution in [3.8, 4) is 0 Å². The highest BCUT2D eigenvalue weighted by Gasteiger charge is 2.26. The molecule has 2 N–H and O–H groups in total. The summed E-state index contributed by atoms with van der Waals surface area (Å²) in [7, 11) is -1.56. The minimum absolute atomic E-state index is 0.0504. The van der Waals surface area contributed by atoms with Gasteiger partial charge in [0, 0.05) is 39.5 Å². The molecule has 0 saturated carbocycles. The highest BCUT2D eigenvalue weighted by molar-refractivity contribution is 7.89.